The Bertz CT molecular complexity index is 1430. The van der Waals surface area contributed by atoms with Crippen molar-refractivity contribution in [3.63, 3.8) is 0 Å². The molecule has 4 nitrogen and oxygen atoms in total. The molecule has 0 amide bonds. The molecule has 0 heterocycles. The van der Waals surface area contributed by atoms with Gasteiger partial charge in [-0.2, -0.15) is 0 Å². The van der Waals surface area contributed by atoms with Gasteiger partial charge in [0.2, 0.25) is 0 Å². The van der Waals surface area contributed by atoms with Gasteiger partial charge in [-0.1, -0.05) is 79.4 Å². The zero-order chi connectivity index (χ0) is 26.2. The van der Waals surface area contributed by atoms with E-state index in [0.29, 0.717) is 17.1 Å². The first-order chi connectivity index (χ1) is 17.8. The maximum Gasteiger partial charge on any atom is 0.333 e. The zero-order valence-corrected chi connectivity index (χ0v) is 21.4. The predicted molar refractivity (Wildman–Crippen MR) is 146 cm³/mol. The van der Waals surface area contributed by atoms with Crippen LogP contribution in [0.1, 0.15) is 40.3 Å². The molecule has 0 aliphatic heterocycles. The number of ether oxygens (including phenoxy) is 2. The van der Waals surface area contributed by atoms with E-state index in [1.54, 1.807) is 6.92 Å². The third kappa shape index (κ3) is 4.09. The molecule has 0 fully saturated rings. The highest BCUT2D eigenvalue weighted by atomic mass is 16.6. The molecule has 4 aromatic rings. The van der Waals surface area contributed by atoms with E-state index in [4.69, 9.17) is 9.47 Å². The van der Waals surface area contributed by atoms with Crippen LogP contribution in [0.15, 0.2) is 97.1 Å². The Hall–Kier alpha value is -4.31. The molecule has 186 valence electrons. The second-order valence-corrected chi connectivity index (χ2v) is 9.59. The number of carbonyl (C=O) groups is 1. The molecule has 1 N–H and O–H groups in total. The van der Waals surface area contributed by atoms with E-state index in [2.05, 4.69) is 79.4 Å². The molecule has 0 unspecified atom stereocenters. The largest absolute Gasteiger partial charge is 0.507 e. The lowest BCUT2D eigenvalue weighted by molar-refractivity contribution is -0.139. The number of esters is 1. The van der Waals surface area contributed by atoms with Crippen LogP contribution in [-0.2, 0) is 14.9 Å². The number of fused-ring (bicyclic) bond motifs is 3. The van der Waals surface area contributed by atoms with Crippen molar-refractivity contribution in [1.29, 1.82) is 0 Å². The van der Waals surface area contributed by atoms with Crippen molar-refractivity contribution in [2.45, 2.75) is 26.2 Å². The Balaban J connectivity index is 1.60. The van der Waals surface area contributed by atoms with Crippen molar-refractivity contribution in [2.75, 3.05) is 13.2 Å². The van der Waals surface area contributed by atoms with Crippen LogP contribution in [0.3, 0.4) is 0 Å². The summed E-state index contributed by atoms with van der Waals surface area (Å²) in [6.45, 7) is 9.52. The molecule has 1 aliphatic carbocycles. The average Bonchev–Trinajstić information content (AvgIpc) is 3.21. The fraction of sp³-hybridized carbons (Fsp3) is 0.182. The maximum atomic E-state index is 11.6. The molecule has 0 spiro atoms. The molecule has 4 aromatic carbocycles. The van der Waals surface area contributed by atoms with Crippen LogP contribution >= 0.6 is 0 Å². The summed E-state index contributed by atoms with van der Waals surface area (Å²) in [4.78, 5) is 11.6. The number of phenols is 1. The Labute approximate surface area is 217 Å². The van der Waals surface area contributed by atoms with E-state index in [0.717, 1.165) is 22.3 Å². The molecule has 0 saturated heterocycles. The predicted octanol–water partition coefficient (Wildman–Crippen LogP) is 6.87. The summed E-state index contributed by atoms with van der Waals surface area (Å²) >= 11 is 0. The molecule has 0 radical (unpaired) electrons. The number of aromatic hydroxyl groups is 1. The number of rotatable bonds is 7. The summed E-state index contributed by atoms with van der Waals surface area (Å²) in [7, 11) is 0. The molecular formula is C33H30O4. The van der Waals surface area contributed by atoms with Gasteiger partial charge in [0.1, 0.15) is 24.7 Å². The van der Waals surface area contributed by atoms with Crippen LogP contribution in [0.5, 0.6) is 11.5 Å². The number of benzene rings is 4. The van der Waals surface area contributed by atoms with Gasteiger partial charge < -0.3 is 14.6 Å². The number of hydrogen-bond acceptors (Lipinski definition) is 4. The molecule has 37 heavy (non-hydrogen) atoms. The SMILES string of the molecule is C=C(C)C(=O)OCCOc1ccc(C2(c3cc(C)c(O)c(C)c3)c3ccccc3-c3ccccc32)cc1. The Kier molecular flexibility index (Phi) is 6.34. The highest BCUT2D eigenvalue weighted by Gasteiger charge is 2.46. The Morgan fingerprint density at radius 3 is 1.89 bits per heavy atom. The van der Waals surface area contributed by atoms with Crippen LogP contribution in [0, 0.1) is 13.8 Å². The second kappa shape index (κ2) is 9.62. The fourth-order valence-corrected chi connectivity index (χ4v) is 5.41. The zero-order valence-electron chi connectivity index (χ0n) is 21.4. The van der Waals surface area contributed by atoms with E-state index in [1.165, 1.54) is 22.3 Å². The smallest absolute Gasteiger partial charge is 0.333 e. The number of phenolic OH excluding ortho intramolecular Hbond substituents is 1. The van der Waals surface area contributed by atoms with Gasteiger partial charge in [0.15, 0.2) is 0 Å². The van der Waals surface area contributed by atoms with Crippen molar-refractivity contribution in [3.05, 3.63) is 130 Å². The molecule has 4 heteroatoms. The summed E-state index contributed by atoms with van der Waals surface area (Å²) in [5, 5.41) is 10.6. The highest BCUT2D eigenvalue weighted by molar-refractivity contribution is 5.87. The van der Waals surface area contributed by atoms with Crippen LogP contribution in [-0.4, -0.2) is 24.3 Å². The molecule has 0 atom stereocenters. The van der Waals surface area contributed by atoms with Gasteiger partial charge >= 0.3 is 5.97 Å². The first-order valence-electron chi connectivity index (χ1n) is 12.4. The van der Waals surface area contributed by atoms with E-state index in [-0.39, 0.29) is 13.2 Å². The third-order valence-corrected chi connectivity index (χ3v) is 7.10. The van der Waals surface area contributed by atoms with Crippen LogP contribution < -0.4 is 4.74 Å². The average molecular weight is 491 g/mol. The molecule has 0 saturated carbocycles. The molecule has 0 bridgehead atoms. The van der Waals surface area contributed by atoms with E-state index >= 15 is 0 Å². The van der Waals surface area contributed by atoms with E-state index < -0.39 is 11.4 Å². The number of hydrogen-bond donors (Lipinski definition) is 1. The summed E-state index contributed by atoms with van der Waals surface area (Å²) in [5.74, 6) is 0.608. The van der Waals surface area contributed by atoms with Crippen LogP contribution in [0.4, 0.5) is 0 Å². The highest BCUT2D eigenvalue weighted by Crippen LogP contribution is 2.56. The van der Waals surface area contributed by atoms with Gasteiger partial charge in [-0.05, 0) is 77.4 Å². The Morgan fingerprint density at radius 1 is 0.811 bits per heavy atom. The second-order valence-electron chi connectivity index (χ2n) is 9.59. The fourth-order valence-electron chi connectivity index (χ4n) is 5.41. The molecular weight excluding hydrogens is 460 g/mol. The van der Waals surface area contributed by atoms with Crippen molar-refractivity contribution in [1.82, 2.24) is 0 Å². The normalized spacial score (nSPS) is 12.9. The monoisotopic (exact) mass is 490 g/mol. The lowest BCUT2D eigenvalue weighted by atomic mass is 9.67. The summed E-state index contributed by atoms with van der Waals surface area (Å²) in [6.07, 6.45) is 0. The number of carbonyl (C=O) groups excluding carboxylic acids is 1. The van der Waals surface area contributed by atoms with Gasteiger partial charge in [-0.25, -0.2) is 4.79 Å². The molecule has 0 aromatic heterocycles. The number of aryl methyl sites for hydroxylation is 2. The van der Waals surface area contributed by atoms with Gasteiger partial charge in [-0.15, -0.1) is 0 Å². The van der Waals surface area contributed by atoms with Gasteiger partial charge in [-0.3, -0.25) is 0 Å². The van der Waals surface area contributed by atoms with Crippen molar-refractivity contribution in [2.24, 2.45) is 0 Å². The maximum absolute atomic E-state index is 11.6. The standard InChI is InChI=1S/C33H30O4/c1-21(2)32(35)37-18-17-36-26-15-13-24(14-16-26)33(25-19-22(3)31(34)23(4)20-25)29-11-7-5-9-27(29)28-10-6-8-12-30(28)33/h5-16,19-20,34H,1,17-18H2,2-4H3. The van der Waals surface area contributed by atoms with E-state index in [9.17, 15) is 9.90 Å². The van der Waals surface area contributed by atoms with E-state index in [1.807, 2.05) is 26.0 Å². The molecule has 5 rings (SSSR count). The van der Waals surface area contributed by atoms with Gasteiger partial charge in [0.25, 0.3) is 0 Å². The minimum atomic E-state index is -0.550. The summed E-state index contributed by atoms with van der Waals surface area (Å²) < 4.78 is 11.0. The van der Waals surface area contributed by atoms with Gasteiger partial charge in [0.05, 0.1) is 5.41 Å². The first-order valence-corrected chi connectivity index (χ1v) is 12.4. The van der Waals surface area contributed by atoms with Crippen LogP contribution in [0.25, 0.3) is 11.1 Å². The summed E-state index contributed by atoms with van der Waals surface area (Å²) in [6, 6.07) is 29.4. The Morgan fingerprint density at radius 2 is 1.35 bits per heavy atom. The quantitative estimate of drug-likeness (QED) is 0.154. The van der Waals surface area contributed by atoms with Crippen molar-refractivity contribution >= 4 is 5.97 Å². The van der Waals surface area contributed by atoms with Crippen molar-refractivity contribution < 1.29 is 19.4 Å². The van der Waals surface area contributed by atoms with Crippen LogP contribution in [0.2, 0.25) is 0 Å². The third-order valence-electron chi connectivity index (χ3n) is 7.10. The molecule has 1 aliphatic rings. The minimum Gasteiger partial charge on any atom is -0.507 e. The van der Waals surface area contributed by atoms with Gasteiger partial charge in [0, 0.05) is 5.57 Å². The first kappa shape index (κ1) is 24.4. The topological polar surface area (TPSA) is 55.8 Å². The van der Waals surface area contributed by atoms with Crippen molar-refractivity contribution in [3.8, 4) is 22.6 Å². The lowest BCUT2D eigenvalue weighted by Crippen LogP contribution is -2.28. The minimum absolute atomic E-state index is 0.157. The summed E-state index contributed by atoms with van der Waals surface area (Å²) in [5.41, 5.74) is 8.57. The lowest BCUT2D eigenvalue weighted by Gasteiger charge is -2.34.